The van der Waals surface area contributed by atoms with E-state index in [1.165, 1.54) is 12.4 Å². The van der Waals surface area contributed by atoms with Crippen LogP contribution >= 0.6 is 11.3 Å². The van der Waals surface area contributed by atoms with Gasteiger partial charge in [-0.25, -0.2) is 9.97 Å². The van der Waals surface area contributed by atoms with Gasteiger partial charge in [0.1, 0.15) is 6.07 Å². The molecule has 78 valence electrons. The quantitative estimate of drug-likeness (QED) is 0.792. The van der Waals surface area contributed by atoms with Gasteiger partial charge in [-0.2, -0.15) is 5.26 Å². The van der Waals surface area contributed by atoms with Crippen LogP contribution in [-0.4, -0.2) is 9.97 Å². The maximum Gasteiger partial charge on any atom is 0.160 e. The van der Waals surface area contributed by atoms with E-state index in [0.717, 1.165) is 16.0 Å². The molecule has 0 saturated heterocycles. The van der Waals surface area contributed by atoms with E-state index < -0.39 is 0 Å². The number of hydrogen-bond donors (Lipinski definition) is 0. The number of nitriles is 1. The summed E-state index contributed by atoms with van der Waals surface area (Å²) in [6.07, 6.45) is 3.06. The lowest BCUT2D eigenvalue weighted by Gasteiger charge is -1.94. The first-order valence-corrected chi connectivity index (χ1v) is 5.55. The number of allylic oxidation sites excluding steroid dienone is 1. The van der Waals surface area contributed by atoms with Crippen LogP contribution in [0.3, 0.4) is 0 Å². The number of rotatable bonds is 2. The molecule has 2 aromatic heterocycles. The molecular weight excluding hydrogens is 218 g/mol. The van der Waals surface area contributed by atoms with Crippen molar-refractivity contribution in [2.75, 3.05) is 0 Å². The third-order valence-electron chi connectivity index (χ3n) is 2.06. The second-order valence-electron chi connectivity index (χ2n) is 3.39. The van der Waals surface area contributed by atoms with Crippen LogP contribution in [0.15, 0.2) is 30.4 Å². The fourth-order valence-electron chi connectivity index (χ4n) is 1.21. The third-order valence-corrected chi connectivity index (χ3v) is 3.15. The van der Waals surface area contributed by atoms with Crippen molar-refractivity contribution in [2.24, 2.45) is 0 Å². The summed E-state index contributed by atoms with van der Waals surface area (Å²) < 4.78 is 0. The van der Waals surface area contributed by atoms with Gasteiger partial charge in [-0.1, -0.05) is 6.58 Å². The zero-order chi connectivity index (χ0) is 11.5. The van der Waals surface area contributed by atoms with E-state index in [4.69, 9.17) is 5.26 Å². The van der Waals surface area contributed by atoms with E-state index in [1.807, 2.05) is 24.4 Å². The first-order chi connectivity index (χ1) is 7.70. The molecule has 0 aliphatic carbocycles. The van der Waals surface area contributed by atoms with Crippen LogP contribution in [0, 0.1) is 11.3 Å². The highest BCUT2D eigenvalue weighted by Gasteiger charge is 2.05. The lowest BCUT2D eigenvalue weighted by molar-refractivity contribution is 1.16. The van der Waals surface area contributed by atoms with Crippen LogP contribution in [-0.2, 0) is 0 Å². The van der Waals surface area contributed by atoms with E-state index in [1.54, 1.807) is 11.3 Å². The van der Waals surface area contributed by atoms with E-state index >= 15 is 0 Å². The van der Waals surface area contributed by atoms with Crippen molar-refractivity contribution in [3.8, 4) is 17.5 Å². The Labute approximate surface area is 97.7 Å². The second kappa shape index (κ2) is 4.25. The Kier molecular flexibility index (Phi) is 2.80. The van der Waals surface area contributed by atoms with Crippen LogP contribution in [0.2, 0.25) is 0 Å². The van der Waals surface area contributed by atoms with Crippen molar-refractivity contribution in [3.63, 3.8) is 0 Å². The molecule has 0 fully saturated rings. The van der Waals surface area contributed by atoms with Gasteiger partial charge in [0.25, 0.3) is 0 Å². The fraction of sp³-hybridized carbons (Fsp3) is 0.0833. The summed E-state index contributed by atoms with van der Waals surface area (Å²) in [5, 5.41) is 10.6. The molecule has 0 unspecified atom stereocenters. The van der Waals surface area contributed by atoms with Crippen LogP contribution in [0.25, 0.3) is 17.0 Å². The zero-order valence-corrected chi connectivity index (χ0v) is 9.58. The normalized spacial score (nSPS) is 9.75. The number of hydrogen-bond acceptors (Lipinski definition) is 4. The molecule has 2 rings (SSSR count). The van der Waals surface area contributed by atoms with Gasteiger partial charge < -0.3 is 0 Å². The average molecular weight is 227 g/mol. The van der Waals surface area contributed by atoms with E-state index in [0.29, 0.717) is 11.4 Å². The van der Waals surface area contributed by atoms with Crippen molar-refractivity contribution >= 4 is 16.9 Å². The molecule has 0 bridgehead atoms. The lowest BCUT2D eigenvalue weighted by Crippen LogP contribution is -1.87. The first kappa shape index (κ1) is 10.5. The molecule has 3 nitrogen and oxygen atoms in total. The lowest BCUT2D eigenvalue weighted by atomic mass is 10.2. The Hall–Kier alpha value is -1.99. The van der Waals surface area contributed by atoms with Crippen molar-refractivity contribution in [3.05, 3.63) is 40.9 Å². The molecule has 0 saturated carbocycles. The second-order valence-corrected chi connectivity index (χ2v) is 4.30. The summed E-state index contributed by atoms with van der Waals surface area (Å²) >= 11 is 1.62. The minimum absolute atomic E-state index is 0.471. The Balaban J connectivity index is 2.36. The van der Waals surface area contributed by atoms with Gasteiger partial charge in [-0.05, 0) is 18.6 Å². The Morgan fingerprint density at radius 3 is 2.62 bits per heavy atom. The predicted molar refractivity (Wildman–Crippen MR) is 64.8 cm³/mol. The molecule has 16 heavy (non-hydrogen) atoms. The predicted octanol–water partition coefficient (Wildman–Crippen LogP) is 3.11. The standard InChI is InChI=1S/C12H9N3S/c1-8(2)11-3-10(7-16-11)12-14-5-9(4-13)6-15-12/h3,5-7H,1H2,2H3. The highest BCUT2D eigenvalue weighted by molar-refractivity contribution is 7.11. The Bertz CT molecular complexity index is 561. The highest BCUT2D eigenvalue weighted by Crippen LogP contribution is 2.26. The molecule has 0 aromatic carbocycles. The topological polar surface area (TPSA) is 49.6 Å². The molecule has 2 aromatic rings. The van der Waals surface area contributed by atoms with Gasteiger partial charge in [-0.3, -0.25) is 0 Å². The van der Waals surface area contributed by atoms with Crippen molar-refractivity contribution < 1.29 is 0 Å². The van der Waals surface area contributed by atoms with Gasteiger partial charge in [0.05, 0.1) is 5.56 Å². The molecule has 2 heterocycles. The first-order valence-electron chi connectivity index (χ1n) is 4.67. The Morgan fingerprint density at radius 2 is 2.12 bits per heavy atom. The molecule has 0 aliphatic heterocycles. The van der Waals surface area contributed by atoms with E-state index in [-0.39, 0.29) is 0 Å². The largest absolute Gasteiger partial charge is 0.235 e. The number of nitrogens with zero attached hydrogens (tertiary/aromatic N) is 3. The summed E-state index contributed by atoms with van der Waals surface area (Å²) in [6, 6.07) is 4.00. The van der Waals surface area contributed by atoms with Gasteiger partial charge in [-0.15, -0.1) is 11.3 Å². The van der Waals surface area contributed by atoms with Crippen molar-refractivity contribution in [2.45, 2.75) is 6.92 Å². The third kappa shape index (κ3) is 2.00. The molecular formula is C12H9N3S. The number of aromatic nitrogens is 2. The Morgan fingerprint density at radius 1 is 1.44 bits per heavy atom. The van der Waals surface area contributed by atoms with Crippen LogP contribution in [0.4, 0.5) is 0 Å². The van der Waals surface area contributed by atoms with E-state index in [2.05, 4.69) is 16.5 Å². The molecule has 0 atom stereocenters. The van der Waals surface area contributed by atoms with Gasteiger partial charge in [0.15, 0.2) is 5.82 Å². The highest BCUT2D eigenvalue weighted by atomic mass is 32.1. The summed E-state index contributed by atoms with van der Waals surface area (Å²) in [5.74, 6) is 0.641. The van der Waals surface area contributed by atoms with Gasteiger partial charge in [0, 0.05) is 28.2 Å². The minimum atomic E-state index is 0.471. The monoisotopic (exact) mass is 227 g/mol. The summed E-state index contributed by atoms with van der Waals surface area (Å²) in [4.78, 5) is 9.40. The molecule has 0 spiro atoms. The maximum atomic E-state index is 8.64. The molecule has 0 N–H and O–H groups in total. The zero-order valence-electron chi connectivity index (χ0n) is 8.77. The molecule has 0 aliphatic rings. The number of thiophene rings is 1. The summed E-state index contributed by atoms with van der Waals surface area (Å²) in [6.45, 7) is 5.85. The van der Waals surface area contributed by atoms with Crippen LogP contribution < -0.4 is 0 Å². The molecule has 0 radical (unpaired) electrons. The summed E-state index contributed by atoms with van der Waals surface area (Å²) in [5.41, 5.74) is 2.47. The van der Waals surface area contributed by atoms with Crippen molar-refractivity contribution in [1.82, 2.24) is 9.97 Å². The fourth-order valence-corrected chi connectivity index (χ4v) is 2.04. The van der Waals surface area contributed by atoms with Crippen LogP contribution in [0.1, 0.15) is 17.4 Å². The summed E-state index contributed by atoms with van der Waals surface area (Å²) in [7, 11) is 0. The van der Waals surface area contributed by atoms with Gasteiger partial charge in [0.2, 0.25) is 0 Å². The SMILES string of the molecule is C=C(C)c1cc(-c2ncc(C#N)cn2)cs1. The van der Waals surface area contributed by atoms with Gasteiger partial charge >= 0.3 is 0 Å². The molecule has 4 heteroatoms. The molecule has 0 amide bonds. The smallest absolute Gasteiger partial charge is 0.160 e. The minimum Gasteiger partial charge on any atom is -0.235 e. The van der Waals surface area contributed by atoms with E-state index in [9.17, 15) is 0 Å². The van der Waals surface area contributed by atoms with Crippen LogP contribution in [0.5, 0.6) is 0 Å². The average Bonchev–Trinajstić information content (AvgIpc) is 2.78. The van der Waals surface area contributed by atoms with Crippen molar-refractivity contribution in [1.29, 1.82) is 5.26 Å². The maximum absolute atomic E-state index is 8.64.